The number of carbonyl (C=O) groups is 1. The Morgan fingerprint density at radius 2 is 1.19 bits per heavy atom. The number of carbonyl (C=O) groups excluding carboxylic acids is 1. The van der Waals surface area contributed by atoms with Gasteiger partial charge in [0.05, 0.1) is 12.2 Å². The van der Waals surface area contributed by atoms with Crippen LogP contribution in [0.5, 0.6) is 17.2 Å². The van der Waals surface area contributed by atoms with Crippen LogP contribution in [-0.4, -0.2) is 37.6 Å². The highest BCUT2D eigenvalue weighted by molar-refractivity contribution is 5.92. The number of benzene rings is 3. The van der Waals surface area contributed by atoms with Gasteiger partial charge in [0, 0.05) is 0 Å². The molecule has 0 bridgehead atoms. The third kappa shape index (κ3) is 10.9. The van der Waals surface area contributed by atoms with Gasteiger partial charge in [0.15, 0.2) is 6.61 Å². The standard InChI is InChI=1S/C31H33F7O5/c1-2-3-4-5-6-7-8-9-18-40-25-14-10-22(11-15-25)28(39)42-27-17-13-23-19-26(16-12-24(23)20-27)41-21-29(32,33)43-31(37,38)30(34,35)36/h10-17,19-20H,2-9,18,21H2,1H3. The maximum absolute atomic E-state index is 13.5. The number of fused-ring (bicyclic) bond motifs is 1. The normalized spacial score (nSPS) is 12.4. The minimum atomic E-state index is -6.31. The summed E-state index contributed by atoms with van der Waals surface area (Å²) in [7, 11) is 0. The Labute approximate surface area is 244 Å². The molecule has 0 spiro atoms. The van der Waals surface area contributed by atoms with Crippen molar-refractivity contribution < 1.29 is 54.5 Å². The van der Waals surface area contributed by atoms with E-state index in [1.807, 2.05) is 0 Å². The van der Waals surface area contributed by atoms with E-state index >= 15 is 0 Å². The van der Waals surface area contributed by atoms with Gasteiger partial charge < -0.3 is 14.2 Å². The summed E-state index contributed by atoms with van der Waals surface area (Å²) in [5.41, 5.74) is 0.294. The van der Waals surface area contributed by atoms with E-state index in [-0.39, 0.29) is 11.5 Å². The highest BCUT2D eigenvalue weighted by Crippen LogP contribution is 2.40. The van der Waals surface area contributed by atoms with Gasteiger partial charge >= 0.3 is 24.4 Å². The molecule has 0 atom stereocenters. The first-order valence-electron chi connectivity index (χ1n) is 13.9. The van der Waals surface area contributed by atoms with Gasteiger partial charge in [-0.15, -0.1) is 0 Å². The number of hydrogen-bond acceptors (Lipinski definition) is 5. The topological polar surface area (TPSA) is 54.0 Å². The van der Waals surface area contributed by atoms with Gasteiger partial charge in [0.1, 0.15) is 17.2 Å². The summed E-state index contributed by atoms with van der Waals surface area (Å²) in [6.45, 7) is 0.901. The average Bonchev–Trinajstić information content (AvgIpc) is 2.94. The van der Waals surface area contributed by atoms with Crippen LogP contribution >= 0.6 is 0 Å². The third-order valence-electron chi connectivity index (χ3n) is 6.36. The van der Waals surface area contributed by atoms with Gasteiger partial charge in [0.25, 0.3) is 0 Å². The van der Waals surface area contributed by atoms with Crippen LogP contribution in [0.25, 0.3) is 10.8 Å². The second-order valence-electron chi connectivity index (χ2n) is 9.95. The van der Waals surface area contributed by atoms with E-state index in [9.17, 15) is 35.5 Å². The fourth-order valence-electron chi connectivity index (χ4n) is 4.08. The number of halogens is 7. The van der Waals surface area contributed by atoms with Crippen LogP contribution in [0.3, 0.4) is 0 Å². The van der Waals surface area contributed by atoms with Crippen molar-refractivity contribution in [3.8, 4) is 17.2 Å². The summed E-state index contributed by atoms with van der Waals surface area (Å²) in [4.78, 5) is 12.6. The van der Waals surface area contributed by atoms with Crippen molar-refractivity contribution in [2.24, 2.45) is 0 Å². The van der Waals surface area contributed by atoms with E-state index < -0.39 is 31.0 Å². The van der Waals surface area contributed by atoms with E-state index in [2.05, 4.69) is 16.4 Å². The van der Waals surface area contributed by atoms with Crippen molar-refractivity contribution in [2.75, 3.05) is 13.2 Å². The molecule has 3 rings (SSSR count). The summed E-state index contributed by atoms with van der Waals surface area (Å²) in [5, 5.41) is 0.939. The molecule has 0 aliphatic heterocycles. The lowest BCUT2D eigenvalue weighted by molar-refractivity contribution is -0.458. The minimum absolute atomic E-state index is 0.190. The molecule has 0 amide bonds. The minimum Gasteiger partial charge on any atom is -0.494 e. The summed E-state index contributed by atoms with van der Waals surface area (Å²) in [5.74, 6) is -0.0236. The maximum atomic E-state index is 13.5. The van der Waals surface area contributed by atoms with Gasteiger partial charge in [-0.1, -0.05) is 64.0 Å². The summed E-state index contributed by atoms with van der Waals surface area (Å²) in [6.07, 6.45) is -7.73. The number of rotatable bonds is 17. The van der Waals surface area contributed by atoms with Gasteiger partial charge in [0.2, 0.25) is 0 Å². The zero-order valence-electron chi connectivity index (χ0n) is 23.5. The van der Waals surface area contributed by atoms with Crippen molar-refractivity contribution in [1.82, 2.24) is 0 Å². The first-order chi connectivity index (χ1) is 20.3. The molecule has 5 nitrogen and oxygen atoms in total. The molecule has 236 valence electrons. The Hall–Kier alpha value is -3.54. The number of hydrogen-bond donors (Lipinski definition) is 0. The summed E-state index contributed by atoms with van der Waals surface area (Å²) < 4.78 is 108. The van der Waals surface area contributed by atoms with E-state index in [0.29, 0.717) is 28.7 Å². The van der Waals surface area contributed by atoms with Gasteiger partial charge in [-0.25, -0.2) is 9.53 Å². The Balaban J connectivity index is 1.47. The predicted molar refractivity (Wildman–Crippen MR) is 146 cm³/mol. The number of ether oxygens (including phenoxy) is 4. The Kier molecular flexibility index (Phi) is 12.1. The molecule has 43 heavy (non-hydrogen) atoms. The van der Waals surface area contributed by atoms with Crippen LogP contribution in [-0.2, 0) is 4.74 Å². The molecule has 0 aromatic heterocycles. The maximum Gasteiger partial charge on any atom is 0.483 e. The second kappa shape index (κ2) is 15.3. The van der Waals surface area contributed by atoms with Crippen LogP contribution in [0.15, 0.2) is 60.7 Å². The average molecular weight is 619 g/mol. The number of esters is 1. The smallest absolute Gasteiger partial charge is 0.483 e. The Morgan fingerprint density at radius 1 is 0.651 bits per heavy atom. The monoisotopic (exact) mass is 618 g/mol. The number of alkyl halides is 7. The van der Waals surface area contributed by atoms with Crippen LogP contribution in [0.1, 0.15) is 68.6 Å². The lowest BCUT2D eigenvalue weighted by atomic mass is 10.1. The molecule has 3 aromatic rings. The van der Waals surface area contributed by atoms with Crippen molar-refractivity contribution in [3.63, 3.8) is 0 Å². The molecular weight excluding hydrogens is 585 g/mol. The molecule has 0 saturated heterocycles. The molecule has 0 heterocycles. The zero-order valence-corrected chi connectivity index (χ0v) is 23.5. The Bertz CT molecular complexity index is 1310. The van der Waals surface area contributed by atoms with Crippen LogP contribution in [0, 0.1) is 0 Å². The van der Waals surface area contributed by atoms with Gasteiger partial charge in [-0.2, -0.15) is 30.7 Å². The fraction of sp³-hybridized carbons (Fsp3) is 0.452. The second-order valence-corrected chi connectivity index (χ2v) is 9.95. The van der Waals surface area contributed by atoms with E-state index in [0.717, 1.165) is 12.8 Å². The van der Waals surface area contributed by atoms with Crippen LogP contribution in [0.4, 0.5) is 30.7 Å². The Morgan fingerprint density at radius 3 is 1.79 bits per heavy atom. The molecule has 0 unspecified atom stereocenters. The van der Waals surface area contributed by atoms with Crippen molar-refractivity contribution in [2.45, 2.75) is 76.7 Å². The largest absolute Gasteiger partial charge is 0.494 e. The molecule has 3 aromatic carbocycles. The molecule has 0 aliphatic carbocycles. The first kappa shape index (κ1) is 34.0. The highest BCUT2D eigenvalue weighted by Gasteiger charge is 2.64. The van der Waals surface area contributed by atoms with Gasteiger partial charge in [-0.05, 0) is 65.7 Å². The van der Waals surface area contributed by atoms with E-state index in [1.54, 1.807) is 24.3 Å². The molecule has 0 fully saturated rings. The lowest BCUT2D eigenvalue weighted by Crippen LogP contribution is -2.46. The SMILES string of the molecule is CCCCCCCCCCOc1ccc(C(=O)Oc2ccc3cc(OCC(F)(F)OC(F)(F)C(F)(F)F)ccc3c2)cc1. The molecule has 0 N–H and O–H groups in total. The number of unbranched alkanes of at least 4 members (excludes halogenated alkanes) is 7. The molecule has 0 radical (unpaired) electrons. The zero-order chi connectivity index (χ0) is 31.5. The molecule has 0 saturated carbocycles. The van der Waals surface area contributed by atoms with Crippen molar-refractivity contribution in [1.29, 1.82) is 0 Å². The molecule has 12 heteroatoms. The fourth-order valence-corrected chi connectivity index (χ4v) is 4.08. The predicted octanol–water partition coefficient (Wildman–Crippen LogP) is 9.72. The summed E-state index contributed by atoms with van der Waals surface area (Å²) in [6, 6.07) is 14.8. The van der Waals surface area contributed by atoms with Gasteiger partial charge in [-0.3, -0.25) is 0 Å². The quantitative estimate of drug-likeness (QED) is 0.0653. The third-order valence-corrected chi connectivity index (χ3v) is 6.36. The molecule has 0 aliphatic rings. The van der Waals surface area contributed by atoms with Crippen LogP contribution < -0.4 is 14.2 Å². The summed E-state index contributed by atoms with van der Waals surface area (Å²) >= 11 is 0. The highest BCUT2D eigenvalue weighted by atomic mass is 19.4. The van der Waals surface area contributed by atoms with Crippen molar-refractivity contribution in [3.05, 3.63) is 66.2 Å². The van der Waals surface area contributed by atoms with Crippen LogP contribution in [0.2, 0.25) is 0 Å². The van der Waals surface area contributed by atoms with E-state index in [4.69, 9.17) is 9.47 Å². The lowest BCUT2D eigenvalue weighted by Gasteiger charge is -2.25. The van der Waals surface area contributed by atoms with Crippen molar-refractivity contribution >= 4 is 16.7 Å². The first-order valence-corrected chi connectivity index (χ1v) is 13.9. The molecular formula is C31H33F7O5. The van der Waals surface area contributed by atoms with E-state index in [1.165, 1.54) is 74.9 Å².